The number of benzene rings is 2. The summed E-state index contributed by atoms with van der Waals surface area (Å²) in [5.41, 5.74) is 10.8. The number of hydrogen-bond acceptors (Lipinski definition) is 7. The molecule has 0 bridgehead atoms. The van der Waals surface area contributed by atoms with Gasteiger partial charge in [0, 0.05) is 0 Å². The molecule has 29 heavy (non-hydrogen) atoms. The van der Waals surface area contributed by atoms with Gasteiger partial charge in [0.1, 0.15) is 0 Å². The lowest BCUT2D eigenvalue weighted by atomic mass is 10.1. The van der Waals surface area contributed by atoms with Crippen LogP contribution >= 0.6 is 11.3 Å². The number of nitrogen functional groups attached to an aromatic ring is 1. The van der Waals surface area contributed by atoms with Crippen LogP contribution in [0.2, 0.25) is 0 Å². The molecule has 0 aliphatic heterocycles. The van der Waals surface area contributed by atoms with Crippen molar-refractivity contribution in [3.05, 3.63) is 47.5 Å². The van der Waals surface area contributed by atoms with Crippen molar-refractivity contribution >= 4 is 38.8 Å². The van der Waals surface area contributed by atoms with E-state index in [2.05, 4.69) is 15.5 Å². The van der Waals surface area contributed by atoms with Gasteiger partial charge in [-0.2, -0.15) is 5.10 Å². The third-order valence-corrected chi connectivity index (χ3v) is 4.71. The molecular weight excluding hydrogens is 388 g/mol. The van der Waals surface area contributed by atoms with Crippen LogP contribution in [-0.4, -0.2) is 29.8 Å². The molecule has 3 N–H and O–H groups in total. The number of fused-ring (bicyclic) bond motifs is 1. The normalized spacial score (nSPS) is 11.3. The summed E-state index contributed by atoms with van der Waals surface area (Å²) < 4.78 is 12.3. The Labute approximate surface area is 173 Å². The number of amides is 1. The summed E-state index contributed by atoms with van der Waals surface area (Å²) >= 11 is 1.40. The minimum absolute atomic E-state index is 0.0497. The van der Waals surface area contributed by atoms with E-state index in [1.165, 1.54) is 11.3 Å². The van der Waals surface area contributed by atoms with Gasteiger partial charge in [-0.15, -0.1) is 0 Å². The lowest BCUT2D eigenvalue weighted by Gasteiger charge is -2.14. The highest BCUT2D eigenvalue weighted by Gasteiger charge is 2.08. The van der Waals surface area contributed by atoms with Crippen LogP contribution in [0, 0.1) is 0 Å². The van der Waals surface area contributed by atoms with Gasteiger partial charge in [0.15, 0.2) is 16.6 Å². The zero-order valence-corrected chi connectivity index (χ0v) is 17.5. The first-order valence-electron chi connectivity index (χ1n) is 9.35. The van der Waals surface area contributed by atoms with Crippen molar-refractivity contribution in [2.24, 2.45) is 5.10 Å². The zero-order chi connectivity index (χ0) is 20.8. The van der Waals surface area contributed by atoms with E-state index in [9.17, 15) is 4.79 Å². The van der Waals surface area contributed by atoms with E-state index >= 15 is 0 Å². The molecule has 7 nitrogen and oxygen atoms in total. The van der Waals surface area contributed by atoms with E-state index in [4.69, 9.17) is 15.2 Å². The van der Waals surface area contributed by atoms with Gasteiger partial charge in [0.05, 0.1) is 35.6 Å². The van der Waals surface area contributed by atoms with Crippen molar-refractivity contribution in [1.82, 2.24) is 10.4 Å². The number of rotatable bonds is 8. The smallest absolute Gasteiger partial charge is 0.244 e. The maximum absolute atomic E-state index is 12.2. The molecule has 1 heterocycles. The number of hydrogen-bond donors (Lipinski definition) is 2. The molecule has 0 saturated carbocycles. The molecule has 8 heteroatoms. The van der Waals surface area contributed by atoms with Crippen molar-refractivity contribution in [2.45, 2.75) is 33.3 Å². The number of ether oxygens (including phenoxy) is 2. The monoisotopic (exact) mass is 412 g/mol. The van der Waals surface area contributed by atoms with E-state index < -0.39 is 0 Å². The molecule has 1 amide bonds. The second-order valence-corrected chi connectivity index (χ2v) is 7.69. The van der Waals surface area contributed by atoms with Gasteiger partial charge in [-0.05, 0) is 62.2 Å². The Balaban J connectivity index is 1.61. The number of carbonyl (C=O) groups is 1. The Morgan fingerprint density at radius 3 is 2.86 bits per heavy atom. The first-order chi connectivity index (χ1) is 13.9. The van der Waals surface area contributed by atoms with Crippen LogP contribution in [0.1, 0.15) is 31.9 Å². The number of aromatic nitrogens is 1. The van der Waals surface area contributed by atoms with Crippen molar-refractivity contribution in [2.75, 3.05) is 12.3 Å². The third-order valence-electron chi connectivity index (χ3n) is 3.87. The molecule has 0 radical (unpaired) electrons. The van der Waals surface area contributed by atoms with Crippen LogP contribution in [0.5, 0.6) is 11.5 Å². The highest BCUT2D eigenvalue weighted by atomic mass is 32.1. The van der Waals surface area contributed by atoms with Crippen molar-refractivity contribution < 1.29 is 14.3 Å². The molecule has 152 valence electrons. The lowest BCUT2D eigenvalue weighted by Crippen LogP contribution is -2.19. The maximum atomic E-state index is 12.2. The number of nitrogens with zero attached hydrogens (tertiary/aromatic N) is 2. The number of nitrogens with one attached hydrogen (secondary N) is 1. The first kappa shape index (κ1) is 20.6. The summed E-state index contributed by atoms with van der Waals surface area (Å²) in [6.07, 6.45) is 1.84. The van der Waals surface area contributed by atoms with Crippen molar-refractivity contribution in [3.63, 3.8) is 0 Å². The van der Waals surface area contributed by atoms with Gasteiger partial charge in [-0.3, -0.25) is 4.79 Å². The minimum atomic E-state index is -0.206. The molecule has 3 rings (SSSR count). The molecule has 0 aliphatic rings. The highest BCUT2D eigenvalue weighted by Crippen LogP contribution is 2.29. The fourth-order valence-corrected chi connectivity index (χ4v) is 3.52. The number of carbonyl (C=O) groups excluding carboxylic acids is 1. The quantitative estimate of drug-likeness (QED) is 0.434. The Morgan fingerprint density at radius 1 is 1.28 bits per heavy atom. The van der Waals surface area contributed by atoms with Gasteiger partial charge in [0.2, 0.25) is 5.91 Å². The second-order valence-electron chi connectivity index (χ2n) is 6.63. The Hall–Kier alpha value is -3.13. The van der Waals surface area contributed by atoms with E-state index in [1.54, 1.807) is 6.21 Å². The zero-order valence-electron chi connectivity index (χ0n) is 16.6. The number of nitrogens with two attached hydrogens (primary N) is 1. The molecule has 0 aliphatic carbocycles. The molecule has 1 aromatic heterocycles. The van der Waals surface area contributed by atoms with Crippen LogP contribution in [0.25, 0.3) is 10.2 Å². The van der Waals surface area contributed by atoms with Crippen LogP contribution in [0.3, 0.4) is 0 Å². The van der Waals surface area contributed by atoms with Crippen molar-refractivity contribution in [3.8, 4) is 11.5 Å². The van der Waals surface area contributed by atoms with Crippen LogP contribution in [0.15, 0.2) is 41.5 Å². The SMILES string of the molecule is CCOc1cc(/C=N\NC(=O)Cc2ccc3nc(N)sc3c2)ccc1OC(C)C. The van der Waals surface area contributed by atoms with Crippen molar-refractivity contribution in [1.29, 1.82) is 0 Å². The predicted molar refractivity (Wildman–Crippen MR) is 117 cm³/mol. The third kappa shape index (κ3) is 5.68. The maximum Gasteiger partial charge on any atom is 0.244 e. The van der Waals surface area contributed by atoms with E-state index in [0.717, 1.165) is 21.3 Å². The van der Waals surface area contributed by atoms with Gasteiger partial charge >= 0.3 is 0 Å². The summed E-state index contributed by atoms with van der Waals surface area (Å²) in [5, 5.41) is 4.56. The molecule has 3 aromatic rings. The molecule has 2 aromatic carbocycles. The molecular formula is C21H24N4O3S. The van der Waals surface area contributed by atoms with E-state index in [1.807, 2.05) is 57.2 Å². The number of thiazole rings is 1. The summed E-state index contributed by atoms with van der Waals surface area (Å²) in [7, 11) is 0. The number of hydrazone groups is 1. The van der Waals surface area contributed by atoms with Gasteiger partial charge < -0.3 is 15.2 Å². The van der Waals surface area contributed by atoms with Crippen LogP contribution in [0.4, 0.5) is 5.13 Å². The van der Waals surface area contributed by atoms with Gasteiger partial charge in [-0.25, -0.2) is 10.4 Å². The standard InChI is InChI=1S/C21H24N4O3S/c1-4-27-18-9-15(6-8-17(18)28-13(2)3)12-23-25-20(26)11-14-5-7-16-19(10-14)29-21(22)24-16/h5-10,12-13H,4,11H2,1-3H3,(H2,22,24)(H,25,26)/b23-12-. The average molecular weight is 413 g/mol. The topological polar surface area (TPSA) is 98.8 Å². The van der Waals surface area contributed by atoms with Crippen LogP contribution < -0.4 is 20.6 Å². The summed E-state index contributed by atoms with van der Waals surface area (Å²) in [6, 6.07) is 11.2. The molecule has 0 unspecified atom stereocenters. The number of anilines is 1. The summed E-state index contributed by atoms with van der Waals surface area (Å²) in [4.78, 5) is 16.4. The van der Waals surface area contributed by atoms with E-state index in [-0.39, 0.29) is 18.4 Å². The van der Waals surface area contributed by atoms with Crippen LogP contribution in [-0.2, 0) is 11.2 Å². The first-order valence-corrected chi connectivity index (χ1v) is 10.2. The summed E-state index contributed by atoms with van der Waals surface area (Å²) in [6.45, 7) is 6.37. The molecule has 0 fully saturated rings. The van der Waals surface area contributed by atoms with Gasteiger partial charge in [-0.1, -0.05) is 17.4 Å². The Bertz CT molecular complexity index is 1030. The van der Waals surface area contributed by atoms with E-state index in [0.29, 0.717) is 23.2 Å². The second kappa shape index (κ2) is 9.38. The summed E-state index contributed by atoms with van der Waals surface area (Å²) in [5.74, 6) is 1.12. The molecule has 0 spiro atoms. The lowest BCUT2D eigenvalue weighted by molar-refractivity contribution is -0.120. The largest absolute Gasteiger partial charge is 0.490 e. The molecule has 0 atom stereocenters. The Kier molecular flexibility index (Phi) is 6.66. The fraction of sp³-hybridized carbons (Fsp3) is 0.286. The highest BCUT2D eigenvalue weighted by molar-refractivity contribution is 7.22. The Morgan fingerprint density at radius 2 is 2.10 bits per heavy atom. The minimum Gasteiger partial charge on any atom is -0.490 e. The fourth-order valence-electron chi connectivity index (χ4n) is 2.73. The predicted octanol–water partition coefficient (Wildman–Crippen LogP) is 3.76. The average Bonchev–Trinajstić information content (AvgIpc) is 3.03. The molecule has 0 saturated heterocycles. The van der Waals surface area contributed by atoms with Gasteiger partial charge in [0.25, 0.3) is 0 Å².